The molecule has 0 spiro atoms. The zero-order valence-corrected chi connectivity index (χ0v) is 17.3. The fourth-order valence-corrected chi connectivity index (χ4v) is 3.36. The second-order valence-electron chi connectivity index (χ2n) is 7.24. The number of aliphatic imine (C=N–C) groups is 1. The van der Waals surface area contributed by atoms with E-state index >= 15 is 0 Å². The van der Waals surface area contributed by atoms with Crippen LogP contribution in [0.15, 0.2) is 71.4 Å². The quantitative estimate of drug-likeness (QED) is 0.764. The molecular formula is C23H24F2N4O2. The van der Waals surface area contributed by atoms with Gasteiger partial charge >= 0.3 is 0 Å². The molecule has 0 aliphatic carbocycles. The summed E-state index contributed by atoms with van der Waals surface area (Å²) >= 11 is 0. The SMILES string of the molecule is CCN1C(=O)C(NC(=O)c2cccc(C(C)(F)F)c2)C/C(=C/N)C1=Nc1ccccc1. The Morgan fingerprint density at radius 2 is 1.97 bits per heavy atom. The van der Waals surface area contributed by atoms with E-state index in [9.17, 15) is 18.4 Å². The molecule has 0 saturated carbocycles. The molecule has 1 heterocycles. The van der Waals surface area contributed by atoms with Gasteiger partial charge in [0, 0.05) is 42.8 Å². The van der Waals surface area contributed by atoms with Crippen molar-refractivity contribution >= 4 is 23.3 Å². The lowest BCUT2D eigenvalue weighted by molar-refractivity contribution is -0.129. The molecule has 1 saturated heterocycles. The average Bonchev–Trinajstić information content (AvgIpc) is 2.76. The molecule has 3 rings (SSSR count). The molecule has 2 aromatic rings. The number of nitrogens with zero attached hydrogens (tertiary/aromatic N) is 2. The van der Waals surface area contributed by atoms with Gasteiger partial charge in [-0.3, -0.25) is 14.5 Å². The van der Waals surface area contributed by atoms with Crippen LogP contribution >= 0.6 is 0 Å². The fourth-order valence-electron chi connectivity index (χ4n) is 3.36. The summed E-state index contributed by atoms with van der Waals surface area (Å²) in [7, 11) is 0. The number of para-hydroxylation sites is 1. The second kappa shape index (κ2) is 9.07. The molecule has 3 N–H and O–H groups in total. The Morgan fingerprint density at radius 3 is 2.58 bits per heavy atom. The number of amides is 2. The summed E-state index contributed by atoms with van der Waals surface area (Å²) in [5.74, 6) is -3.60. The number of likely N-dealkylation sites (tertiary alicyclic amines) is 1. The van der Waals surface area contributed by atoms with Crippen LogP contribution in [0.25, 0.3) is 0 Å². The predicted molar refractivity (Wildman–Crippen MR) is 115 cm³/mol. The zero-order valence-electron chi connectivity index (χ0n) is 17.3. The summed E-state index contributed by atoms with van der Waals surface area (Å²) in [6.45, 7) is 2.88. The molecule has 162 valence electrons. The van der Waals surface area contributed by atoms with Crippen LogP contribution in [0, 0.1) is 0 Å². The van der Waals surface area contributed by atoms with Crippen molar-refractivity contribution in [2.75, 3.05) is 6.54 Å². The number of hydrogen-bond donors (Lipinski definition) is 2. The van der Waals surface area contributed by atoms with E-state index in [0.29, 0.717) is 23.6 Å². The van der Waals surface area contributed by atoms with Gasteiger partial charge in [-0.05, 0) is 31.2 Å². The lowest BCUT2D eigenvalue weighted by Crippen LogP contribution is -2.55. The van der Waals surface area contributed by atoms with E-state index in [1.165, 1.54) is 29.3 Å². The Kier molecular flexibility index (Phi) is 6.48. The Bertz CT molecular complexity index is 1030. The monoisotopic (exact) mass is 426 g/mol. The molecule has 1 aliphatic rings. The number of halogens is 2. The molecule has 8 heteroatoms. The van der Waals surface area contributed by atoms with Crippen molar-refractivity contribution in [1.82, 2.24) is 10.2 Å². The number of amidine groups is 1. The van der Waals surface area contributed by atoms with Gasteiger partial charge < -0.3 is 11.1 Å². The number of nitrogens with two attached hydrogens (primary N) is 1. The second-order valence-corrected chi connectivity index (χ2v) is 7.24. The normalized spacial score (nSPS) is 19.7. The van der Waals surface area contributed by atoms with Gasteiger partial charge in [0.05, 0.1) is 5.69 Å². The highest BCUT2D eigenvalue weighted by Crippen LogP contribution is 2.28. The third-order valence-corrected chi connectivity index (χ3v) is 4.98. The van der Waals surface area contributed by atoms with Gasteiger partial charge in [0.2, 0.25) is 0 Å². The number of benzene rings is 2. The maximum atomic E-state index is 13.6. The van der Waals surface area contributed by atoms with Crippen LogP contribution in [-0.4, -0.2) is 35.1 Å². The Balaban J connectivity index is 1.85. The summed E-state index contributed by atoms with van der Waals surface area (Å²) in [5.41, 5.74) is 6.86. The van der Waals surface area contributed by atoms with Crippen molar-refractivity contribution in [2.45, 2.75) is 32.2 Å². The minimum Gasteiger partial charge on any atom is -0.404 e. The van der Waals surface area contributed by atoms with Gasteiger partial charge in [-0.25, -0.2) is 13.8 Å². The number of nitrogens with one attached hydrogen (secondary N) is 1. The average molecular weight is 426 g/mol. The van der Waals surface area contributed by atoms with Crippen LogP contribution in [0.3, 0.4) is 0 Å². The molecule has 2 aromatic carbocycles. The summed E-state index contributed by atoms with van der Waals surface area (Å²) in [6, 6.07) is 13.5. The van der Waals surface area contributed by atoms with E-state index in [1.807, 2.05) is 30.3 Å². The van der Waals surface area contributed by atoms with E-state index in [2.05, 4.69) is 10.3 Å². The van der Waals surface area contributed by atoms with E-state index in [4.69, 9.17) is 5.73 Å². The fraction of sp³-hybridized carbons (Fsp3) is 0.261. The van der Waals surface area contributed by atoms with E-state index in [-0.39, 0.29) is 23.5 Å². The van der Waals surface area contributed by atoms with Crippen molar-refractivity contribution in [2.24, 2.45) is 10.7 Å². The molecule has 1 atom stereocenters. The number of piperidine rings is 1. The number of carbonyl (C=O) groups is 2. The van der Waals surface area contributed by atoms with E-state index in [0.717, 1.165) is 13.0 Å². The molecule has 0 aromatic heterocycles. The van der Waals surface area contributed by atoms with E-state index in [1.54, 1.807) is 6.92 Å². The first kappa shape index (κ1) is 22.1. The standard InChI is InChI=1S/C23H24F2N4O2/c1-3-29-20(27-18-10-5-4-6-11-18)16(14-26)13-19(22(29)31)28-21(30)15-8-7-9-17(12-15)23(2,24)25/h4-12,14,19H,3,13,26H2,1-2H3,(H,28,30)/b16-14-,27-20?. The minimum absolute atomic E-state index is 0.0527. The topological polar surface area (TPSA) is 87.8 Å². The highest BCUT2D eigenvalue weighted by Gasteiger charge is 2.36. The van der Waals surface area contributed by atoms with Gasteiger partial charge in [0.25, 0.3) is 17.7 Å². The molecule has 0 radical (unpaired) electrons. The largest absolute Gasteiger partial charge is 0.404 e. The van der Waals surface area contributed by atoms with Crippen molar-refractivity contribution < 1.29 is 18.4 Å². The predicted octanol–water partition coefficient (Wildman–Crippen LogP) is 3.72. The Hall–Kier alpha value is -3.55. The first-order chi connectivity index (χ1) is 14.7. The molecule has 1 fully saturated rings. The first-order valence-electron chi connectivity index (χ1n) is 9.90. The molecule has 1 unspecified atom stereocenters. The van der Waals surface area contributed by atoms with Crippen LogP contribution < -0.4 is 11.1 Å². The van der Waals surface area contributed by atoms with Gasteiger partial charge in [0.1, 0.15) is 11.9 Å². The Labute approximate surface area is 179 Å². The van der Waals surface area contributed by atoms with Gasteiger partial charge in [-0.1, -0.05) is 30.3 Å². The molecular weight excluding hydrogens is 402 g/mol. The number of carbonyl (C=O) groups excluding carboxylic acids is 2. The van der Waals surface area contributed by atoms with Crippen LogP contribution in [0.2, 0.25) is 0 Å². The number of likely N-dealkylation sites (N-methyl/N-ethyl adjacent to an activating group) is 1. The molecule has 0 bridgehead atoms. The number of alkyl halides is 2. The molecule has 1 aliphatic heterocycles. The molecule has 6 nitrogen and oxygen atoms in total. The van der Waals surface area contributed by atoms with Crippen LogP contribution in [-0.2, 0) is 10.7 Å². The number of hydrogen-bond acceptors (Lipinski definition) is 4. The summed E-state index contributed by atoms with van der Waals surface area (Å²) in [5, 5.41) is 2.65. The summed E-state index contributed by atoms with van der Waals surface area (Å²) in [6.07, 6.45) is 1.52. The van der Waals surface area contributed by atoms with Crippen molar-refractivity contribution in [3.63, 3.8) is 0 Å². The van der Waals surface area contributed by atoms with Gasteiger partial charge in [-0.15, -0.1) is 0 Å². The Morgan fingerprint density at radius 1 is 1.26 bits per heavy atom. The summed E-state index contributed by atoms with van der Waals surface area (Å²) < 4.78 is 27.2. The molecule has 31 heavy (non-hydrogen) atoms. The lowest BCUT2D eigenvalue weighted by Gasteiger charge is -2.34. The number of rotatable bonds is 5. The summed E-state index contributed by atoms with van der Waals surface area (Å²) in [4.78, 5) is 31.8. The van der Waals surface area contributed by atoms with Crippen LogP contribution in [0.5, 0.6) is 0 Å². The van der Waals surface area contributed by atoms with E-state index < -0.39 is 17.9 Å². The molecule has 2 amide bonds. The van der Waals surface area contributed by atoms with Gasteiger partial charge in [-0.2, -0.15) is 0 Å². The van der Waals surface area contributed by atoms with Crippen molar-refractivity contribution in [3.05, 3.63) is 77.5 Å². The maximum Gasteiger partial charge on any atom is 0.270 e. The highest BCUT2D eigenvalue weighted by atomic mass is 19.3. The highest BCUT2D eigenvalue weighted by molar-refractivity contribution is 6.13. The maximum absolute atomic E-state index is 13.6. The lowest BCUT2D eigenvalue weighted by atomic mass is 9.97. The first-order valence-corrected chi connectivity index (χ1v) is 9.90. The van der Waals surface area contributed by atoms with Crippen LogP contribution in [0.4, 0.5) is 14.5 Å². The third kappa shape index (κ3) is 4.96. The van der Waals surface area contributed by atoms with Gasteiger partial charge in [0.15, 0.2) is 0 Å². The zero-order chi connectivity index (χ0) is 22.6. The van der Waals surface area contributed by atoms with Crippen molar-refractivity contribution in [1.29, 1.82) is 0 Å². The smallest absolute Gasteiger partial charge is 0.270 e. The third-order valence-electron chi connectivity index (χ3n) is 4.98. The minimum atomic E-state index is -3.08. The van der Waals surface area contributed by atoms with Crippen LogP contribution in [0.1, 0.15) is 36.2 Å². The van der Waals surface area contributed by atoms with Crippen molar-refractivity contribution in [3.8, 4) is 0 Å².